The Morgan fingerprint density at radius 1 is 1.03 bits per heavy atom. The summed E-state index contributed by atoms with van der Waals surface area (Å²) in [5, 5.41) is 10.3. The maximum atomic E-state index is 6.45. The molecule has 180 valence electrons. The van der Waals surface area contributed by atoms with E-state index in [2.05, 4.69) is 52.4 Å². The fraction of sp³-hybridized carbons (Fsp3) is 0.250. The molecule has 1 atom stereocenters. The van der Waals surface area contributed by atoms with Crippen molar-refractivity contribution in [2.24, 2.45) is 0 Å². The molecule has 0 aliphatic carbocycles. The van der Waals surface area contributed by atoms with Crippen molar-refractivity contribution in [1.82, 2.24) is 29.1 Å². The average molecular weight is 497 g/mol. The third-order valence-corrected chi connectivity index (χ3v) is 7.28. The summed E-state index contributed by atoms with van der Waals surface area (Å²) in [4.78, 5) is 4.84. The molecule has 2 aliphatic rings. The van der Waals surface area contributed by atoms with E-state index < -0.39 is 0 Å². The van der Waals surface area contributed by atoms with Crippen LogP contribution in [0.1, 0.15) is 29.7 Å². The second-order valence-corrected chi connectivity index (χ2v) is 9.96. The lowest BCUT2D eigenvalue weighted by molar-refractivity contribution is 0.0940. The third-order valence-electron chi connectivity index (χ3n) is 7.04. The van der Waals surface area contributed by atoms with Gasteiger partial charge in [-0.15, -0.1) is 0 Å². The zero-order valence-corrected chi connectivity index (χ0v) is 20.5. The summed E-state index contributed by atoms with van der Waals surface area (Å²) in [5.41, 5.74) is 8.46. The molecule has 36 heavy (non-hydrogen) atoms. The number of nitrogens with zero attached hydrogens (tertiary/aromatic N) is 6. The number of benzene rings is 2. The van der Waals surface area contributed by atoms with Crippen molar-refractivity contribution in [2.75, 3.05) is 6.61 Å². The summed E-state index contributed by atoms with van der Waals surface area (Å²) in [5.74, 6) is 0. The van der Waals surface area contributed by atoms with Crippen LogP contribution in [0, 0.1) is 0 Å². The van der Waals surface area contributed by atoms with Gasteiger partial charge in [0.05, 0.1) is 48.2 Å². The molecule has 2 aliphatic heterocycles. The van der Waals surface area contributed by atoms with Gasteiger partial charge in [-0.25, -0.2) is 4.98 Å². The molecular formula is C28H25ClN6O. The maximum Gasteiger partial charge on any atom is 0.100 e. The van der Waals surface area contributed by atoms with Crippen molar-refractivity contribution in [3.8, 4) is 28.2 Å². The fourth-order valence-corrected chi connectivity index (χ4v) is 5.50. The Balaban J connectivity index is 1.28. The Hall–Kier alpha value is -3.68. The van der Waals surface area contributed by atoms with Crippen molar-refractivity contribution in [1.29, 1.82) is 0 Å². The molecule has 1 saturated heterocycles. The fourth-order valence-electron chi connectivity index (χ4n) is 5.33. The SMILES string of the molecule is Clc1ccc2c(c1)-c1nn(CC3CCCO3)cc1Cc1c(-c3cnn(Cc4ccccc4)c3)ncn1-2. The summed E-state index contributed by atoms with van der Waals surface area (Å²) in [7, 11) is 0. The smallest absolute Gasteiger partial charge is 0.100 e. The molecule has 2 aromatic carbocycles. The lowest BCUT2D eigenvalue weighted by Gasteiger charge is -2.11. The van der Waals surface area contributed by atoms with Gasteiger partial charge in [0.2, 0.25) is 0 Å². The van der Waals surface area contributed by atoms with Gasteiger partial charge in [-0.1, -0.05) is 41.9 Å². The van der Waals surface area contributed by atoms with Crippen LogP contribution in [-0.2, 0) is 24.2 Å². The molecule has 0 bridgehead atoms. The van der Waals surface area contributed by atoms with Crippen LogP contribution in [0.15, 0.2) is 73.4 Å². The minimum Gasteiger partial charge on any atom is -0.376 e. The van der Waals surface area contributed by atoms with Crippen LogP contribution in [0.3, 0.4) is 0 Å². The van der Waals surface area contributed by atoms with Crippen LogP contribution in [-0.4, -0.2) is 41.8 Å². The Kier molecular flexibility index (Phi) is 5.26. The number of fused-ring (bicyclic) bond motifs is 5. The van der Waals surface area contributed by atoms with E-state index in [1.165, 1.54) is 5.56 Å². The van der Waals surface area contributed by atoms with E-state index in [4.69, 9.17) is 26.4 Å². The largest absolute Gasteiger partial charge is 0.376 e. The van der Waals surface area contributed by atoms with Crippen LogP contribution in [0.5, 0.6) is 0 Å². The van der Waals surface area contributed by atoms with Crippen LogP contribution in [0.25, 0.3) is 28.2 Å². The summed E-state index contributed by atoms with van der Waals surface area (Å²) in [6, 6.07) is 16.3. The standard InChI is InChI=1S/C28H25ClN6O/c29-22-8-9-25-24(12-22)27-20(15-34(32-27)17-23-7-4-10-36-23)11-26-28(30-18-35(25)26)21-13-31-33(16-21)14-19-5-2-1-3-6-19/h1-3,5-6,8-9,12-13,15-16,18,23H,4,7,10-11,14,17H2. The number of hydrogen-bond donors (Lipinski definition) is 0. The summed E-state index contributed by atoms with van der Waals surface area (Å²) < 4.78 is 12.0. The van der Waals surface area contributed by atoms with Gasteiger partial charge in [0, 0.05) is 47.1 Å². The first kappa shape index (κ1) is 21.6. The highest BCUT2D eigenvalue weighted by Gasteiger charge is 2.27. The number of aromatic nitrogens is 6. The molecule has 1 unspecified atom stereocenters. The molecule has 0 N–H and O–H groups in total. The van der Waals surface area contributed by atoms with Crippen LogP contribution in [0.2, 0.25) is 5.02 Å². The Morgan fingerprint density at radius 3 is 2.81 bits per heavy atom. The van der Waals surface area contributed by atoms with Gasteiger partial charge < -0.3 is 9.30 Å². The molecular weight excluding hydrogens is 472 g/mol. The Morgan fingerprint density at radius 2 is 1.94 bits per heavy atom. The highest BCUT2D eigenvalue weighted by molar-refractivity contribution is 6.31. The molecule has 7 rings (SSSR count). The predicted octanol–water partition coefficient (Wildman–Crippen LogP) is 5.38. The zero-order valence-electron chi connectivity index (χ0n) is 19.7. The van der Waals surface area contributed by atoms with Crippen LogP contribution >= 0.6 is 11.6 Å². The summed E-state index contributed by atoms with van der Waals surface area (Å²) in [6.45, 7) is 2.32. The van der Waals surface area contributed by atoms with E-state index >= 15 is 0 Å². The van der Waals surface area contributed by atoms with Crippen molar-refractivity contribution in [3.05, 3.63) is 95.3 Å². The van der Waals surface area contributed by atoms with Crippen molar-refractivity contribution < 1.29 is 4.74 Å². The first-order chi connectivity index (χ1) is 17.7. The van der Waals surface area contributed by atoms with Gasteiger partial charge in [0.15, 0.2) is 0 Å². The molecule has 5 heterocycles. The number of rotatable bonds is 5. The third kappa shape index (κ3) is 3.85. The highest BCUT2D eigenvalue weighted by Crippen LogP contribution is 2.38. The topological polar surface area (TPSA) is 62.7 Å². The monoisotopic (exact) mass is 496 g/mol. The van der Waals surface area contributed by atoms with Gasteiger partial charge in [0.1, 0.15) is 6.33 Å². The summed E-state index contributed by atoms with van der Waals surface area (Å²) >= 11 is 6.45. The van der Waals surface area contributed by atoms with E-state index in [-0.39, 0.29) is 6.10 Å². The lowest BCUT2D eigenvalue weighted by atomic mass is 10.0. The second-order valence-electron chi connectivity index (χ2n) is 9.52. The molecule has 7 nitrogen and oxygen atoms in total. The van der Waals surface area contributed by atoms with E-state index in [1.807, 2.05) is 40.1 Å². The number of ether oxygens (including phenoxy) is 1. The lowest BCUT2D eigenvalue weighted by Crippen LogP contribution is -2.15. The maximum absolute atomic E-state index is 6.45. The molecule has 0 radical (unpaired) electrons. The number of imidazole rings is 1. The van der Waals surface area contributed by atoms with Gasteiger partial charge in [-0.2, -0.15) is 10.2 Å². The normalized spacial score (nSPS) is 16.4. The molecule has 1 fully saturated rings. The number of halogens is 1. The minimum absolute atomic E-state index is 0.226. The molecule has 0 spiro atoms. The minimum atomic E-state index is 0.226. The molecule has 0 saturated carbocycles. The highest BCUT2D eigenvalue weighted by atomic mass is 35.5. The van der Waals surface area contributed by atoms with Crippen molar-refractivity contribution in [3.63, 3.8) is 0 Å². The van der Waals surface area contributed by atoms with E-state index in [0.717, 1.165) is 72.0 Å². The Bertz CT molecular complexity index is 1540. The van der Waals surface area contributed by atoms with Crippen molar-refractivity contribution >= 4 is 11.6 Å². The van der Waals surface area contributed by atoms with Gasteiger partial charge in [0.25, 0.3) is 0 Å². The van der Waals surface area contributed by atoms with E-state index in [0.29, 0.717) is 11.4 Å². The Labute approximate surface area is 213 Å². The summed E-state index contributed by atoms with van der Waals surface area (Å²) in [6.07, 6.45) is 11.2. The molecule has 8 heteroatoms. The van der Waals surface area contributed by atoms with E-state index in [1.54, 1.807) is 0 Å². The quantitative estimate of drug-likeness (QED) is 0.321. The first-order valence-corrected chi connectivity index (χ1v) is 12.7. The predicted molar refractivity (Wildman–Crippen MR) is 138 cm³/mol. The average Bonchev–Trinajstić information content (AvgIpc) is 3.68. The van der Waals surface area contributed by atoms with Crippen molar-refractivity contribution in [2.45, 2.75) is 38.5 Å². The van der Waals surface area contributed by atoms with Gasteiger partial charge >= 0.3 is 0 Å². The first-order valence-electron chi connectivity index (χ1n) is 12.3. The van der Waals surface area contributed by atoms with Gasteiger partial charge in [-0.05, 0) is 36.6 Å². The molecule has 5 aromatic rings. The van der Waals surface area contributed by atoms with E-state index in [9.17, 15) is 0 Å². The van der Waals surface area contributed by atoms with Gasteiger partial charge in [-0.3, -0.25) is 9.36 Å². The van der Waals surface area contributed by atoms with Crippen LogP contribution < -0.4 is 0 Å². The number of hydrogen-bond acceptors (Lipinski definition) is 4. The zero-order chi connectivity index (χ0) is 24.1. The molecule has 3 aromatic heterocycles. The van der Waals surface area contributed by atoms with Crippen LogP contribution in [0.4, 0.5) is 0 Å². The molecule has 0 amide bonds. The second kappa shape index (κ2) is 8.76.